The molecule has 3 aliphatic rings. The van der Waals surface area contributed by atoms with Crippen molar-refractivity contribution in [3.8, 4) is 0 Å². The van der Waals surface area contributed by atoms with Gasteiger partial charge >= 0.3 is 0 Å². The molecule has 0 aromatic carbocycles. The number of hydrogen-bond acceptors (Lipinski definition) is 4. The summed E-state index contributed by atoms with van der Waals surface area (Å²) in [5.74, 6) is 1.03. The molecule has 1 saturated carbocycles. The van der Waals surface area contributed by atoms with Crippen LogP contribution in [-0.4, -0.2) is 67.2 Å². The van der Waals surface area contributed by atoms with Gasteiger partial charge in [0.05, 0.1) is 5.54 Å². The molecule has 3 rings (SSSR count). The first-order valence-electron chi connectivity index (χ1n) is 9.56. The minimum absolute atomic E-state index is 0.153. The molecule has 23 heavy (non-hydrogen) atoms. The first-order chi connectivity index (χ1) is 11.2. The molecule has 5 heteroatoms. The van der Waals surface area contributed by atoms with E-state index in [9.17, 15) is 4.79 Å². The van der Waals surface area contributed by atoms with Crippen molar-refractivity contribution in [2.24, 2.45) is 11.7 Å². The number of carbonyl (C=O) groups excluding carboxylic acids is 1. The number of carbonyl (C=O) groups is 1. The van der Waals surface area contributed by atoms with Gasteiger partial charge in [-0.15, -0.1) is 0 Å². The summed E-state index contributed by atoms with van der Waals surface area (Å²) >= 11 is 0. The van der Waals surface area contributed by atoms with E-state index in [-0.39, 0.29) is 5.91 Å². The predicted octanol–water partition coefficient (Wildman–Crippen LogP) is 1.61. The summed E-state index contributed by atoms with van der Waals surface area (Å²) < 4.78 is 5.37. The highest BCUT2D eigenvalue weighted by Crippen LogP contribution is 2.25. The second-order valence-corrected chi connectivity index (χ2v) is 7.72. The lowest BCUT2D eigenvalue weighted by Gasteiger charge is -2.36. The summed E-state index contributed by atoms with van der Waals surface area (Å²) in [7, 11) is 0. The van der Waals surface area contributed by atoms with Crippen LogP contribution in [0.3, 0.4) is 0 Å². The van der Waals surface area contributed by atoms with E-state index in [0.29, 0.717) is 26.1 Å². The topological polar surface area (TPSA) is 58.8 Å². The lowest BCUT2D eigenvalue weighted by molar-refractivity contribution is -0.140. The SMILES string of the molecule is NC1(C(=O)N2CCCN(CC3CCCCC3)CC2)CCOCC1. The average Bonchev–Trinajstić information content (AvgIpc) is 2.81. The molecule has 2 aliphatic heterocycles. The van der Waals surface area contributed by atoms with Crippen molar-refractivity contribution >= 4 is 5.91 Å². The van der Waals surface area contributed by atoms with Crippen LogP contribution in [0.15, 0.2) is 0 Å². The van der Waals surface area contributed by atoms with E-state index in [4.69, 9.17) is 10.5 Å². The van der Waals surface area contributed by atoms with Crippen molar-refractivity contribution in [3.63, 3.8) is 0 Å². The van der Waals surface area contributed by atoms with E-state index in [2.05, 4.69) is 4.90 Å². The highest BCUT2D eigenvalue weighted by atomic mass is 16.5. The minimum Gasteiger partial charge on any atom is -0.381 e. The first kappa shape index (κ1) is 17.2. The molecule has 132 valence electrons. The van der Waals surface area contributed by atoms with Gasteiger partial charge in [0, 0.05) is 39.4 Å². The second-order valence-electron chi connectivity index (χ2n) is 7.72. The summed E-state index contributed by atoms with van der Waals surface area (Å²) in [4.78, 5) is 17.5. The van der Waals surface area contributed by atoms with Crippen LogP contribution in [0.5, 0.6) is 0 Å². The fraction of sp³-hybridized carbons (Fsp3) is 0.944. The van der Waals surface area contributed by atoms with Crippen molar-refractivity contribution in [1.82, 2.24) is 9.80 Å². The summed E-state index contributed by atoms with van der Waals surface area (Å²) in [6, 6.07) is 0. The van der Waals surface area contributed by atoms with Gasteiger partial charge in [-0.05, 0) is 44.6 Å². The van der Waals surface area contributed by atoms with Crippen LogP contribution in [0, 0.1) is 5.92 Å². The molecule has 0 aromatic rings. The van der Waals surface area contributed by atoms with E-state index >= 15 is 0 Å². The van der Waals surface area contributed by atoms with Gasteiger partial charge in [0.2, 0.25) is 5.91 Å². The van der Waals surface area contributed by atoms with Gasteiger partial charge in [-0.1, -0.05) is 19.3 Å². The standard InChI is InChI=1S/C18H33N3O2/c19-18(7-13-23-14-8-18)17(22)21-10-4-9-20(11-12-21)15-16-5-2-1-3-6-16/h16H,1-15,19H2. The molecule has 0 spiro atoms. The predicted molar refractivity (Wildman–Crippen MR) is 91.2 cm³/mol. The lowest BCUT2D eigenvalue weighted by Crippen LogP contribution is -2.58. The third kappa shape index (κ3) is 4.46. The molecule has 2 heterocycles. The van der Waals surface area contributed by atoms with Crippen LogP contribution in [0.25, 0.3) is 0 Å². The van der Waals surface area contributed by atoms with Crippen molar-refractivity contribution in [2.45, 2.75) is 56.9 Å². The third-order valence-electron chi connectivity index (χ3n) is 5.93. The van der Waals surface area contributed by atoms with Crippen LogP contribution < -0.4 is 5.73 Å². The van der Waals surface area contributed by atoms with E-state index in [1.54, 1.807) is 0 Å². The van der Waals surface area contributed by atoms with E-state index in [0.717, 1.165) is 38.5 Å². The van der Waals surface area contributed by atoms with Crippen molar-refractivity contribution in [2.75, 3.05) is 45.9 Å². The van der Waals surface area contributed by atoms with Crippen LogP contribution in [0.2, 0.25) is 0 Å². The average molecular weight is 323 g/mol. The highest BCUT2D eigenvalue weighted by molar-refractivity contribution is 5.86. The number of ether oxygens (including phenoxy) is 1. The monoisotopic (exact) mass is 323 g/mol. The maximum absolute atomic E-state index is 12.9. The summed E-state index contributed by atoms with van der Waals surface area (Å²) in [5.41, 5.74) is 5.70. The molecule has 1 amide bonds. The maximum Gasteiger partial charge on any atom is 0.242 e. The molecule has 0 unspecified atom stereocenters. The van der Waals surface area contributed by atoms with E-state index < -0.39 is 5.54 Å². The van der Waals surface area contributed by atoms with Gasteiger partial charge < -0.3 is 20.3 Å². The molecule has 0 bridgehead atoms. The Labute approximate surface area is 140 Å². The fourth-order valence-corrected chi connectivity index (χ4v) is 4.36. The first-order valence-corrected chi connectivity index (χ1v) is 9.56. The zero-order chi connectivity index (χ0) is 16.1. The smallest absolute Gasteiger partial charge is 0.242 e. The molecular formula is C18H33N3O2. The Kier molecular flexibility index (Phi) is 5.94. The third-order valence-corrected chi connectivity index (χ3v) is 5.93. The van der Waals surface area contributed by atoms with Crippen LogP contribution in [-0.2, 0) is 9.53 Å². The summed E-state index contributed by atoms with van der Waals surface area (Å²) in [5, 5.41) is 0. The Hall–Kier alpha value is -0.650. The molecule has 0 aromatic heterocycles. The molecular weight excluding hydrogens is 290 g/mol. The summed E-state index contributed by atoms with van der Waals surface area (Å²) in [6.45, 7) is 6.29. The molecule has 3 fully saturated rings. The summed E-state index contributed by atoms with van der Waals surface area (Å²) in [6.07, 6.45) is 9.41. The maximum atomic E-state index is 12.9. The molecule has 1 aliphatic carbocycles. The molecule has 5 nitrogen and oxygen atoms in total. The Morgan fingerprint density at radius 2 is 1.74 bits per heavy atom. The van der Waals surface area contributed by atoms with Crippen LogP contribution in [0.4, 0.5) is 0 Å². The minimum atomic E-state index is -0.684. The van der Waals surface area contributed by atoms with Gasteiger partial charge in [0.15, 0.2) is 0 Å². The zero-order valence-corrected chi connectivity index (χ0v) is 14.5. The quantitative estimate of drug-likeness (QED) is 0.857. The van der Waals surface area contributed by atoms with E-state index in [1.165, 1.54) is 38.6 Å². The molecule has 0 atom stereocenters. The lowest BCUT2D eigenvalue weighted by atomic mass is 9.89. The Morgan fingerprint density at radius 3 is 2.48 bits per heavy atom. The van der Waals surface area contributed by atoms with Gasteiger partial charge in [-0.2, -0.15) is 0 Å². The second kappa shape index (κ2) is 7.95. The molecule has 2 saturated heterocycles. The number of nitrogens with two attached hydrogens (primary N) is 1. The fourth-order valence-electron chi connectivity index (χ4n) is 4.36. The Morgan fingerprint density at radius 1 is 1.00 bits per heavy atom. The van der Waals surface area contributed by atoms with Gasteiger partial charge in [-0.3, -0.25) is 4.79 Å². The Balaban J connectivity index is 1.50. The van der Waals surface area contributed by atoms with Crippen LogP contribution in [0.1, 0.15) is 51.4 Å². The van der Waals surface area contributed by atoms with Gasteiger partial charge in [0.25, 0.3) is 0 Å². The van der Waals surface area contributed by atoms with Crippen LogP contribution >= 0.6 is 0 Å². The van der Waals surface area contributed by atoms with Crippen molar-refractivity contribution < 1.29 is 9.53 Å². The van der Waals surface area contributed by atoms with E-state index in [1.807, 2.05) is 4.90 Å². The zero-order valence-electron chi connectivity index (χ0n) is 14.5. The number of amides is 1. The Bertz CT molecular complexity index is 390. The van der Waals surface area contributed by atoms with Crippen molar-refractivity contribution in [3.05, 3.63) is 0 Å². The van der Waals surface area contributed by atoms with Gasteiger partial charge in [0.1, 0.15) is 0 Å². The number of nitrogens with zero attached hydrogens (tertiary/aromatic N) is 2. The highest BCUT2D eigenvalue weighted by Gasteiger charge is 2.39. The number of rotatable bonds is 3. The molecule has 2 N–H and O–H groups in total. The van der Waals surface area contributed by atoms with Crippen molar-refractivity contribution in [1.29, 1.82) is 0 Å². The number of hydrogen-bond donors (Lipinski definition) is 1. The normalized spacial score (nSPS) is 27.6. The largest absolute Gasteiger partial charge is 0.381 e. The molecule has 0 radical (unpaired) electrons. The van der Waals surface area contributed by atoms with Gasteiger partial charge in [-0.25, -0.2) is 0 Å².